The Bertz CT molecular complexity index is 288. The molecule has 0 aliphatic rings. The molecule has 0 rings (SSSR count). The predicted octanol–water partition coefficient (Wildman–Crippen LogP) is 1.06. The summed E-state index contributed by atoms with van der Waals surface area (Å²) in [4.78, 5) is 23.5. The third-order valence-corrected chi connectivity index (χ3v) is 3.14. The van der Waals surface area contributed by atoms with Gasteiger partial charge in [-0.2, -0.15) is 0 Å². The zero-order valence-corrected chi connectivity index (χ0v) is 11.3. The molecule has 1 amide bonds. The molecule has 0 aromatic heterocycles. The highest BCUT2D eigenvalue weighted by Gasteiger charge is 2.41. The van der Waals surface area contributed by atoms with Crippen molar-refractivity contribution in [2.45, 2.75) is 40.5 Å². The van der Waals surface area contributed by atoms with E-state index >= 15 is 0 Å². The second-order valence-corrected chi connectivity index (χ2v) is 5.13. The number of esters is 1. The molecule has 17 heavy (non-hydrogen) atoms. The van der Waals surface area contributed by atoms with Crippen LogP contribution in [0.3, 0.4) is 0 Å². The first-order valence-corrected chi connectivity index (χ1v) is 5.71. The van der Waals surface area contributed by atoms with Crippen LogP contribution in [0.1, 0.15) is 40.5 Å². The van der Waals surface area contributed by atoms with Gasteiger partial charge in [-0.1, -0.05) is 20.8 Å². The van der Waals surface area contributed by atoms with Crippen molar-refractivity contribution in [3.8, 4) is 0 Å². The molecule has 0 saturated carbocycles. The summed E-state index contributed by atoms with van der Waals surface area (Å²) in [7, 11) is 1.34. The van der Waals surface area contributed by atoms with Gasteiger partial charge in [-0.3, -0.25) is 9.59 Å². The number of aliphatic hydroxyl groups excluding tert-OH is 1. The monoisotopic (exact) mass is 245 g/mol. The zero-order chi connectivity index (χ0) is 13.7. The van der Waals surface area contributed by atoms with Gasteiger partial charge >= 0.3 is 5.97 Å². The van der Waals surface area contributed by atoms with Crippen LogP contribution in [0.15, 0.2) is 0 Å². The molecule has 0 aromatic carbocycles. The first kappa shape index (κ1) is 15.9. The Labute approximate surface area is 103 Å². The number of amides is 1. The van der Waals surface area contributed by atoms with E-state index in [9.17, 15) is 9.59 Å². The molecule has 5 nitrogen and oxygen atoms in total. The van der Waals surface area contributed by atoms with E-state index in [1.165, 1.54) is 7.11 Å². The SMILES string of the molecule is CCC(C)(CC(C)(C)C(=O)NCO)C(=O)OC. The Balaban J connectivity index is 4.88. The van der Waals surface area contributed by atoms with Crippen LogP contribution in [0.4, 0.5) is 0 Å². The molecular formula is C12H23NO4. The summed E-state index contributed by atoms with van der Waals surface area (Å²) in [5.41, 5.74) is -1.42. The second kappa shape index (κ2) is 6.00. The van der Waals surface area contributed by atoms with Crippen LogP contribution < -0.4 is 5.32 Å². The van der Waals surface area contributed by atoms with Crippen LogP contribution >= 0.6 is 0 Å². The third kappa shape index (κ3) is 4.00. The van der Waals surface area contributed by atoms with Gasteiger partial charge in [0, 0.05) is 5.41 Å². The first-order valence-electron chi connectivity index (χ1n) is 5.71. The minimum Gasteiger partial charge on any atom is -0.469 e. The van der Waals surface area contributed by atoms with Crippen LogP contribution in [0.25, 0.3) is 0 Å². The minimum atomic E-state index is -0.734. The van der Waals surface area contributed by atoms with Gasteiger partial charge in [-0.05, 0) is 19.8 Å². The zero-order valence-electron chi connectivity index (χ0n) is 11.3. The Morgan fingerprint density at radius 1 is 1.29 bits per heavy atom. The normalized spacial score (nSPS) is 14.9. The van der Waals surface area contributed by atoms with E-state index in [2.05, 4.69) is 5.32 Å². The number of ether oxygens (including phenoxy) is 1. The number of carbonyl (C=O) groups is 2. The van der Waals surface area contributed by atoms with Crippen molar-refractivity contribution in [3.05, 3.63) is 0 Å². The van der Waals surface area contributed by atoms with Crippen molar-refractivity contribution in [2.75, 3.05) is 13.8 Å². The summed E-state index contributed by atoms with van der Waals surface area (Å²) in [5, 5.41) is 11.0. The molecule has 0 spiro atoms. The first-order chi connectivity index (χ1) is 7.73. The van der Waals surface area contributed by atoms with E-state index in [1.54, 1.807) is 20.8 Å². The lowest BCUT2D eigenvalue weighted by atomic mass is 9.72. The molecule has 5 heteroatoms. The molecule has 0 aliphatic heterocycles. The highest BCUT2D eigenvalue weighted by atomic mass is 16.5. The molecule has 0 fully saturated rings. The molecule has 0 saturated heterocycles. The number of hydrogen-bond donors (Lipinski definition) is 2. The average molecular weight is 245 g/mol. The number of aliphatic hydroxyl groups is 1. The lowest BCUT2D eigenvalue weighted by Crippen LogP contribution is -2.43. The summed E-state index contributed by atoms with van der Waals surface area (Å²) < 4.78 is 4.77. The minimum absolute atomic E-state index is 0.274. The summed E-state index contributed by atoms with van der Waals surface area (Å²) in [6.45, 7) is 6.76. The van der Waals surface area contributed by atoms with E-state index in [4.69, 9.17) is 9.84 Å². The van der Waals surface area contributed by atoms with Gasteiger partial charge in [0.15, 0.2) is 0 Å². The maximum Gasteiger partial charge on any atom is 0.311 e. The number of hydrogen-bond acceptors (Lipinski definition) is 4. The molecule has 0 heterocycles. The Kier molecular flexibility index (Phi) is 5.61. The van der Waals surface area contributed by atoms with Crippen molar-refractivity contribution in [1.29, 1.82) is 0 Å². The van der Waals surface area contributed by atoms with E-state index in [0.717, 1.165) is 0 Å². The molecule has 0 radical (unpaired) electrons. The van der Waals surface area contributed by atoms with Crippen LogP contribution in [0.2, 0.25) is 0 Å². The Hall–Kier alpha value is -1.10. The fourth-order valence-electron chi connectivity index (χ4n) is 1.95. The van der Waals surface area contributed by atoms with Crippen molar-refractivity contribution in [3.63, 3.8) is 0 Å². The molecule has 1 unspecified atom stereocenters. The van der Waals surface area contributed by atoms with Gasteiger partial charge in [0.25, 0.3) is 0 Å². The fourth-order valence-corrected chi connectivity index (χ4v) is 1.95. The molecular weight excluding hydrogens is 222 g/mol. The van der Waals surface area contributed by atoms with Crippen molar-refractivity contribution in [2.24, 2.45) is 10.8 Å². The summed E-state index contributed by atoms with van der Waals surface area (Å²) in [6, 6.07) is 0. The Morgan fingerprint density at radius 3 is 2.18 bits per heavy atom. The molecule has 2 N–H and O–H groups in total. The summed E-state index contributed by atoms with van der Waals surface area (Å²) in [5.74, 6) is -0.589. The van der Waals surface area contributed by atoms with Gasteiger partial charge in [0.05, 0.1) is 12.5 Å². The number of methoxy groups -OCH3 is 1. The molecule has 1 atom stereocenters. The second-order valence-electron chi connectivity index (χ2n) is 5.13. The number of nitrogens with one attached hydrogen (secondary N) is 1. The van der Waals surface area contributed by atoms with Crippen molar-refractivity contribution < 1.29 is 19.4 Å². The van der Waals surface area contributed by atoms with Crippen molar-refractivity contribution in [1.82, 2.24) is 5.32 Å². The van der Waals surface area contributed by atoms with E-state index < -0.39 is 17.6 Å². The smallest absolute Gasteiger partial charge is 0.311 e. The third-order valence-electron chi connectivity index (χ3n) is 3.14. The van der Waals surface area contributed by atoms with Crippen LogP contribution in [0.5, 0.6) is 0 Å². The molecule has 0 bridgehead atoms. The highest BCUT2D eigenvalue weighted by molar-refractivity contribution is 5.83. The molecule has 0 aromatic rings. The fraction of sp³-hybridized carbons (Fsp3) is 0.833. The van der Waals surface area contributed by atoms with Gasteiger partial charge < -0.3 is 15.2 Å². The van der Waals surface area contributed by atoms with E-state index in [-0.39, 0.29) is 11.9 Å². The van der Waals surface area contributed by atoms with Gasteiger partial charge in [0.1, 0.15) is 6.73 Å². The van der Waals surface area contributed by atoms with Gasteiger partial charge in [-0.15, -0.1) is 0 Å². The topological polar surface area (TPSA) is 75.6 Å². The standard InChI is InChI=1S/C12H23NO4/c1-6-12(4,10(16)17-5)7-11(2,3)9(15)13-8-14/h14H,6-8H2,1-5H3,(H,13,15). The lowest BCUT2D eigenvalue weighted by molar-refractivity contribution is -0.155. The van der Waals surface area contributed by atoms with Gasteiger partial charge in [-0.25, -0.2) is 0 Å². The van der Waals surface area contributed by atoms with E-state index in [1.807, 2.05) is 6.92 Å². The number of carbonyl (C=O) groups excluding carboxylic acids is 2. The lowest BCUT2D eigenvalue weighted by Gasteiger charge is -2.33. The maximum atomic E-state index is 11.7. The predicted molar refractivity (Wildman–Crippen MR) is 64.0 cm³/mol. The molecule has 100 valence electrons. The molecule has 0 aliphatic carbocycles. The summed E-state index contributed by atoms with van der Waals surface area (Å²) >= 11 is 0. The van der Waals surface area contributed by atoms with Crippen molar-refractivity contribution >= 4 is 11.9 Å². The Morgan fingerprint density at radius 2 is 1.82 bits per heavy atom. The number of rotatable bonds is 6. The largest absolute Gasteiger partial charge is 0.469 e. The van der Waals surface area contributed by atoms with Crippen LogP contribution in [-0.2, 0) is 14.3 Å². The summed E-state index contributed by atoms with van der Waals surface area (Å²) in [6.07, 6.45) is 0.963. The maximum absolute atomic E-state index is 11.7. The van der Waals surface area contributed by atoms with Crippen LogP contribution in [-0.4, -0.2) is 30.8 Å². The average Bonchev–Trinajstić information content (AvgIpc) is 2.27. The van der Waals surface area contributed by atoms with Crippen LogP contribution in [0, 0.1) is 10.8 Å². The van der Waals surface area contributed by atoms with Gasteiger partial charge in [0.2, 0.25) is 5.91 Å². The van der Waals surface area contributed by atoms with E-state index in [0.29, 0.717) is 12.8 Å². The highest BCUT2D eigenvalue weighted by Crippen LogP contribution is 2.37. The quantitative estimate of drug-likeness (QED) is 0.542.